The van der Waals surface area contributed by atoms with Crippen molar-refractivity contribution in [2.45, 2.75) is 32.9 Å². The average Bonchev–Trinajstić information content (AvgIpc) is 2.97. The van der Waals surface area contributed by atoms with Crippen molar-refractivity contribution >= 4 is 12.4 Å². The molecule has 1 aliphatic heterocycles. The lowest BCUT2D eigenvalue weighted by molar-refractivity contribution is 0.109. The van der Waals surface area contributed by atoms with E-state index >= 15 is 0 Å². The minimum absolute atomic E-state index is 0. The number of nitrogens with zero attached hydrogens (tertiary/aromatic N) is 3. The van der Waals surface area contributed by atoms with Gasteiger partial charge in [-0.15, -0.1) is 12.4 Å². The molecule has 7 heteroatoms. The van der Waals surface area contributed by atoms with E-state index in [9.17, 15) is 0 Å². The molecule has 1 saturated heterocycles. The van der Waals surface area contributed by atoms with Crippen LogP contribution < -0.4 is 5.32 Å². The van der Waals surface area contributed by atoms with Gasteiger partial charge < -0.3 is 14.6 Å². The zero-order chi connectivity index (χ0) is 13.9. The second-order valence-electron chi connectivity index (χ2n) is 5.83. The quantitative estimate of drug-likeness (QED) is 0.862. The van der Waals surface area contributed by atoms with Crippen molar-refractivity contribution in [3.8, 4) is 0 Å². The summed E-state index contributed by atoms with van der Waals surface area (Å²) in [4.78, 5) is 6.60. The molecule has 0 spiro atoms. The molecule has 2 atom stereocenters. The van der Waals surface area contributed by atoms with Crippen LogP contribution in [0, 0.1) is 5.41 Å². The van der Waals surface area contributed by atoms with E-state index in [2.05, 4.69) is 34.3 Å². The monoisotopic (exact) mass is 304 g/mol. The van der Waals surface area contributed by atoms with Crippen molar-refractivity contribution in [1.82, 2.24) is 20.4 Å². The number of hydrogen-bond donors (Lipinski definition) is 1. The molecule has 1 aromatic heterocycles. The van der Waals surface area contributed by atoms with Crippen molar-refractivity contribution in [3.63, 3.8) is 0 Å². The molecule has 2 rings (SSSR count). The SMILES string of the molecule is COC(C)c1noc(CN(C)CC2(C)CCNC2)n1.Cl. The predicted octanol–water partition coefficient (Wildman–Crippen LogP) is 1.63. The third-order valence-corrected chi connectivity index (χ3v) is 3.71. The molecular formula is C13H25ClN4O2. The third kappa shape index (κ3) is 4.41. The van der Waals surface area contributed by atoms with Gasteiger partial charge in [0.05, 0.1) is 6.54 Å². The van der Waals surface area contributed by atoms with Crippen molar-refractivity contribution in [3.05, 3.63) is 11.7 Å². The van der Waals surface area contributed by atoms with E-state index in [0.29, 0.717) is 23.7 Å². The molecule has 0 aromatic carbocycles. The Kier molecular flexibility index (Phi) is 6.39. The maximum absolute atomic E-state index is 5.26. The second-order valence-corrected chi connectivity index (χ2v) is 5.83. The summed E-state index contributed by atoms with van der Waals surface area (Å²) in [6, 6.07) is 0. The summed E-state index contributed by atoms with van der Waals surface area (Å²) < 4.78 is 10.4. The highest BCUT2D eigenvalue weighted by atomic mass is 35.5. The number of nitrogens with one attached hydrogen (secondary N) is 1. The van der Waals surface area contributed by atoms with Gasteiger partial charge in [0.2, 0.25) is 5.89 Å². The summed E-state index contributed by atoms with van der Waals surface area (Å²) in [6.45, 7) is 8.11. The highest BCUT2D eigenvalue weighted by Crippen LogP contribution is 2.25. The average molecular weight is 305 g/mol. The fourth-order valence-corrected chi connectivity index (χ4v) is 2.54. The largest absolute Gasteiger partial charge is 0.374 e. The van der Waals surface area contributed by atoms with Gasteiger partial charge in [0.15, 0.2) is 5.82 Å². The number of aromatic nitrogens is 2. The Morgan fingerprint density at radius 3 is 2.90 bits per heavy atom. The van der Waals surface area contributed by atoms with E-state index in [-0.39, 0.29) is 18.5 Å². The Balaban J connectivity index is 0.00000200. The van der Waals surface area contributed by atoms with Gasteiger partial charge in [0.1, 0.15) is 6.10 Å². The molecule has 2 unspecified atom stereocenters. The molecule has 0 amide bonds. The summed E-state index contributed by atoms with van der Waals surface area (Å²) in [5.41, 5.74) is 0.345. The van der Waals surface area contributed by atoms with E-state index in [1.165, 1.54) is 6.42 Å². The summed E-state index contributed by atoms with van der Waals surface area (Å²) in [5.74, 6) is 1.26. The van der Waals surface area contributed by atoms with Gasteiger partial charge in [-0.3, -0.25) is 4.90 Å². The molecule has 0 radical (unpaired) electrons. The number of methoxy groups -OCH3 is 1. The van der Waals surface area contributed by atoms with Crippen LogP contribution in [0.25, 0.3) is 0 Å². The smallest absolute Gasteiger partial charge is 0.240 e. The summed E-state index contributed by atoms with van der Waals surface area (Å²) in [7, 11) is 3.73. The lowest BCUT2D eigenvalue weighted by Gasteiger charge is -2.28. The van der Waals surface area contributed by atoms with Crippen molar-refractivity contribution in [2.75, 3.05) is 33.8 Å². The first kappa shape index (κ1) is 17.4. The first-order valence-corrected chi connectivity index (χ1v) is 6.77. The zero-order valence-electron chi connectivity index (χ0n) is 12.7. The topological polar surface area (TPSA) is 63.4 Å². The van der Waals surface area contributed by atoms with Gasteiger partial charge in [-0.25, -0.2) is 0 Å². The fourth-order valence-electron chi connectivity index (χ4n) is 2.54. The van der Waals surface area contributed by atoms with Gasteiger partial charge in [-0.1, -0.05) is 12.1 Å². The molecular weight excluding hydrogens is 280 g/mol. The standard InChI is InChI=1S/C13H24N4O2.ClH/c1-10(18-4)12-15-11(19-16-12)7-17(3)9-13(2)5-6-14-8-13;/h10,14H,5-9H2,1-4H3;1H. The molecule has 1 fully saturated rings. The minimum Gasteiger partial charge on any atom is -0.374 e. The highest BCUT2D eigenvalue weighted by Gasteiger charge is 2.30. The normalized spacial score (nSPS) is 23.9. The summed E-state index contributed by atoms with van der Waals surface area (Å²) in [6.07, 6.45) is 1.09. The predicted molar refractivity (Wildman–Crippen MR) is 78.9 cm³/mol. The van der Waals surface area contributed by atoms with E-state index < -0.39 is 0 Å². The van der Waals surface area contributed by atoms with Crippen molar-refractivity contribution in [2.24, 2.45) is 5.41 Å². The van der Waals surface area contributed by atoms with Gasteiger partial charge in [0.25, 0.3) is 0 Å². The lowest BCUT2D eigenvalue weighted by atomic mass is 9.89. The first-order chi connectivity index (χ1) is 9.02. The lowest BCUT2D eigenvalue weighted by Crippen LogP contribution is -2.34. The van der Waals surface area contributed by atoms with Crippen molar-refractivity contribution < 1.29 is 9.26 Å². The molecule has 116 valence electrons. The van der Waals surface area contributed by atoms with E-state index in [4.69, 9.17) is 9.26 Å². The molecule has 0 saturated carbocycles. The molecule has 20 heavy (non-hydrogen) atoms. The fraction of sp³-hybridized carbons (Fsp3) is 0.846. The summed E-state index contributed by atoms with van der Waals surface area (Å²) >= 11 is 0. The van der Waals surface area contributed by atoms with Crippen LogP contribution in [0.1, 0.15) is 38.1 Å². The molecule has 6 nitrogen and oxygen atoms in total. The maximum Gasteiger partial charge on any atom is 0.240 e. The van der Waals surface area contributed by atoms with Gasteiger partial charge in [-0.2, -0.15) is 4.98 Å². The van der Waals surface area contributed by atoms with Crippen LogP contribution >= 0.6 is 12.4 Å². The van der Waals surface area contributed by atoms with Crippen LogP contribution in [0.15, 0.2) is 4.52 Å². The minimum atomic E-state index is -0.126. The van der Waals surface area contributed by atoms with Gasteiger partial charge in [0, 0.05) is 20.2 Å². The van der Waals surface area contributed by atoms with Crippen LogP contribution in [0.5, 0.6) is 0 Å². The Labute approximate surface area is 126 Å². The third-order valence-electron chi connectivity index (χ3n) is 3.71. The molecule has 1 aliphatic rings. The Morgan fingerprint density at radius 2 is 2.30 bits per heavy atom. The number of rotatable bonds is 6. The Bertz CT molecular complexity index is 407. The van der Waals surface area contributed by atoms with E-state index in [1.807, 2.05) is 6.92 Å². The van der Waals surface area contributed by atoms with Crippen LogP contribution in [-0.4, -0.2) is 48.8 Å². The number of halogens is 1. The molecule has 0 aliphatic carbocycles. The number of hydrogen-bond acceptors (Lipinski definition) is 6. The van der Waals surface area contributed by atoms with E-state index in [0.717, 1.165) is 19.6 Å². The first-order valence-electron chi connectivity index (χ1n) is 6.77. The molecule has 0 bridgehead atoms. The molecule has 2 heterocycles. The van der Waals surface area contributed by atoms with Crippen LogP contribution in [0.3, 0.4) is 0 Å². The van der Waals surface area contributed by atoms with Gasteiger partial charge in [-0.05, 0) is 32.4 Å². The summed E-state index contributed by atoms with van der Waals surface area (Å²) in [5, 5.41) is 7.35. The number of ether oxygens (including phenoxy) is 1. The van der Waals surface area contributed by atoms with E-state index in [1.54, 1.807) is 7.11 Å². The Morgan fingerprint density at radius 1 is 1.55 bits per heavy atom. The Hall–Kier alpha value is -0.690. The van der Waals surface area contributed by atoms with Crippen molar-refractivity contribution in [1.29, 1.82) is 0 Å². The van der Waals surface area contributed by atoms with Gasteiger partial charge >= 0.3 is 0 Å². The maximum atomic E-state index is 5.26. The molecule has 1 aromatic rings. The zero-order valence-corrected chi connectivity index (χ0v) is 13.5. The van der Waals surface area contributed by atoms with Crippen LogP contribution in [-0.2, 0) is 11.3 Å². The van der Waals surface area contributed by atoms with Crippen LogP contribution in [0.2, 0.25) is 0 Å². The molecule has 1 N–H and O–H groups in total. The highest BCUT2D eigenvalue weighted by molar-refractivity contribution is 5.85. The van der Waals surface area contributed by atoms with Crippen LogP contribution in [0.4, 0.5) is 0 Å². The second kappa shape index (κ2) is 7.36.